The summed E-state index contributed by atoms with van der Waals surface area (Å²) < 4.78 is 5.24. The van der Waals surface area contributed by atoms with Crippen molar-refractivity contribution >= 4 is 17.7 Å². The van der Waals surface area contributed by atoms with Gasteiger partial charge < -0.3 is 20.5 Å². The first-order valence-electron chi connectivity index (χ1n) is 12.4. The average Bonchev–Trinajstić information content (AvgIpc) is 3.34. The third-order valence-electron chi connectivity index (χ3n) is 7.64. The Kier molecular flexibility index (Phi) is 7.86. The summed E-state index contributed by atoms with van der Waals surface area (Å²) in [5, 5.41) is 9.36. The van der Waals surface area contributed by atoms with Gasteiger partial charge in [0.1, 0.15) is 11.3 Å². The van der Waals surface area contributed by atoms with E-state index in [9.17, 15) is 19.5 Å². The number of benzene rings is 2. The highest BCUT2D eigenvalue weighted by atomic mass is 16.5. The minimum absolute atomic E-state index is 0.0366. The smallest absolute Gasteiger partial charge is 0.339 e. The number of ether oxygens (including phenoxy) is 1. The molecule has 2 atom stereocenters. The van der Waals surface area contributed by atoms with Crippen LogP contribution in [0.2, 0.25) is 0 Å². The molecule has 0 bridgehead atoms. The molecule has 1 aliphatic heterocycles. The predicted octanol–water partition coefficient (Wildman–Crippen LogP) is 3.65. The molecule has 1 saturated heterocycles. The van der Waals surface area contributed by atoms with Gasteiger partial charge in [-0.25, -0.2) is 4.79 Å². The highest BCUT2D eigenvalue weighted by Gasteiger charge is 2.44. The SMILES string of the molecule is COc1cc(CC(=O)[C@@H]2C(c3ccccc3)CCN2C(=O)C2CCC(CN)CC2)ccc1C(=O)O. The normalized spacial score (nSPS) is 24.2. The zero-order chi connectivity index (χ0) is 24.9. The Labute approximate surface area is 206 Å². The molecule has 2 aromatic carbocycles. The van der Waals surface area contributed by atoms with Crippen LogP contribution >= 0.6 is 0 Å². The molecule has 1 amide bonds. The molecule has 7 heteroatoms. The van der Waals surface area contributed by atoms with E-state index < -0.39 is 12.0 Å². The van der Waals surface area contributed by atoms with Crippen molar-refractivity contribution in [2.24, 2.45) is 17.6 Å². The Hall–Kier alpha value is -3.19. The fraction of sp³-hybridized carbons (Fsp3) is 0.464. The van der Waals surface area contributed by atoms with E-state index in [1.54, 1.807) is 12.1 Å². The lowest BCUT2D eigenvalue weighted by molar-refractivity contribution is -0.142. The van der Waals surface area contributed by atoms with Crippen LogP contribution in [-0.2, 0) is 16.0 Å². The maximum absolute atomic E-state index is 13.7. The van der Waals surface area contributed by atoms with Crippen molar-refractivity contribution in [3.63, 3.8) is 0 Å². The lowest BCUT2D eigenvalue weighted by atomic mass is 9.81. The van der Waals surface area contributed by atoms with Crippen LogP contribution in [0.15, 0.2) is 48.5 Å². The number of nitrogens with zero attached hydrogens (tertiary/aromatic N) is 1. The van der Waals surface area contributed by atoms with Gasteiger partial charge in [-0.2, -0.15) is 0 Å². The number of carboxylic acid groups (broad SMARTS) is 1. The molecule has 0 spiro atoms. The Morgan fingerprint density at radius 1 is 1.03 bits per heavy atom. The number of likely N-dealkylation sites (tertiary alicyclic amines) is 1. The van der Waals surface area contributed by atoms with E-state index in [2.05, 4.69) is 0 Å². The molecule has 1 saturated carbocycles. The Morgan fingerprint density at radius 3 is 2.37 bits per heavy atom. The van der Waals surface area contributed by atoms with E-state index in [-0.39, 0.29) is 41.3 Å². The predicted molar refractivity (Wildman–Crippen MR) is 132 cm³/mol. The summed E-state index contributed by atoms with van der Waals surface area (Å²) in [7, 11) is 1.41. The monoisotopic (exact) mass is 478 g/mol. The van der Waals surface area contributed by atoms with Gasteiger partial charge in [-0.15, -0.1) is 0 Å². The number of methoxy groups -OCH3 is 1. The molecule has 186 valence electrons. The van der Waals surface area contributed by atoms with Gasteiger partial charge in [-0.05, 0) is 67.8 Å². The van der Waals surface area contributed by atoms with Crippen molar-refractivity contribution in [1.29, 1.82) is 0 Å². The van der Waals surface area contributed by atoms with Crippen LogP contribution in [0.1, 0.15) is 59.5 Å². The highest BCUT2D eigenvalue weighted by molar-refractivity contribution is 5.94. The summed E-state index contributed by atoms with van der Waals surface area (Å²) in [5.41, 5.74) is 7.62. The maximum atomic E-state index is 13.7. The van der Waals surface area contributed by atoms with Crippen LogP contribution in [-0.4, -0.2) is 53.9 Å². The van der Waals surface area contributed by atoms with Gasteiger partial charge >= 0.3 is 5.97 Å². The van der Waals surface area contributed by atoms with Gasteiger partial charge in [0.2, 0.25) is 5.91 Å². The zero-order valence-corrected chi connectivity index (χ0v) is 20.2. The van der Waals surface area contributed by atoms with Crippen LogP contribution in [0.5, 0.6) is 5.75 Å². The summed E-state index contributed by atoms with van der Waals surface area (Å²) in [5.74, 6) is -0.456. The number of hydrogen-bond acceptors (Lipinski definition) is 5. The summed E-state index contributed by atoms with van der Waals surface area (Å²) in [6.07, 6.45) is 4.40. The first-order valence-corrected chi connectivity index (χ1v) is 12.4. The standard InChI is InChI=1S/C28H34N2O5/c1-35-25-16-19(9-12-23(25)28(33)34)15-24(31)26-22(20-5-3-2-4-6-20)13-14-30(26)27(32)21-10-7-18(17-29)8-11-21/h2-6,9,12,16,18,21-22,26H,7-8,10-11,13-15,17,29H2,1H3,(H,33,34)/t18?,21?,22?,26-/m0/s1. The second kappa shape index (κ2) is 11.0. The van der Waals surface area contributed by atoms with Crippen LogP contribution in [0.4, 0.5) is 0 Å². The van der Waals surface area contributed by atoms with Gasteiger partial charge in [-0.1, -0.05) is 36.4 Å². The zero-order valence-electron chi connectivity index (χ0n) is 20.2. The molecule has 2 fully saturated rings. The summed E-state index contributed by atoms with van der Waals surface area (Å²) in [4.78, 5) is 40.6. The molecule has 3 N–H and O–H groups in total. The average molecular weight is 479 g/mol. The molecule has 7 nitrogen and oxygen atoms in total. The third-order valence-corrected chi connectivity index (χ3v) is 7.64. The van der Waals surface area contributed by atoms with E-state index in [1.165, 1.54) is 13.2 Å². The van der Waals surface area contributed by atoms with Crippen molar-refractivity contribution in [2.75, 3.05) is 20.2 Å². The van der Waals surface area contributed by atoms with Crippen LogP contribution in [0.25, 0.3) is 0 Å². The van der Waals surface area contributed by atoms with Crippen LogP contribution in [0.3, 0.4) is 0 Å². The number of ketones is 1. The number of carbonyl (C=O) groups excluding carboxylic acids is 2. The lowest BCUT2D eigenvalue weighted by Gasteiger charge is -2.33. The highest BCUT2D eigenvalue weighted by Crippen LogP contribution is 2.38. The maximum Gasteiger partial charge on any atom is 0.339 e. The van der Waals surface area contributed by atoms with Crippen LogP contribution < -0.4 is 10.5 Å². The van der Waals surface area contributed by atoms with Crippen molar-refractivity contribution in [3.05, 3.63) is 65.2 Å². The van der Waals surface area contributed by atoms with Gasteiger partial charge in [-0.3, -0.25) is 9.59 Å². The van der Waals surface area contributed by atoms with Crippen LogP contribution in [0, 0.1) is 11.8 Å². The van der Waals surface area contributed by atoms with E-state index in [0.29, 0.717) is 24.6 Å². The number of rotatable bonds is 8. The molecule has 0 aromatic heterocycles. The molecule has 4 rings (SSSR count). The Bertz CT molecular complexity index is 1060. The third kappa shape index (κ3) is 5.40. The van der Waals surface area contributed by atoms with E-state index in [4.69, 9.17) is 10.5 Å². The largest absolute Gasteiger partial charge is 0.496 e. The molecule has 0 radical (unpaired) electrons. The minimum atomic E-state index is -1.08. The van der Waals surface area contributed by atoms with Gasteiger partial charge in [0.25, 0.3) is 0 Å². The molecule has 2 aliphatic rings. The number of carboxylic acids is 1. The Balaban J connectivity index is 1.58. The quantitative estimate of drug-likeness (QED) is 0.599. The fourth-order valence-corrected chi connectivity index (χ4v) is 5.69. The second-order valence-electron chi connectivity index (χ2n) is 9.72. The number of hydrogen-bond donors (Lipinski definition) is 2. The molecule has 1 unspecified atom stereocenters. The molecule has 1 aliphatic carbocycles. The van der Waals surface area contributed by atoms with Gasteiger partial charge in [0.15, 0.2) is 5.78 Å². The summed E-state index contributed by atoms with van der Waals surface area (Å²) in [6, 6.07) is 14.1. The van der Waals surface area contributed by atoms with E-state index in [1.807, 2.05) is 35.2 Å². The van der Waals surface area contributed by atoms with Gasteiger partial charge in [0, 0.05) is 24.8 Å². The molecule has 1 heterocycles. The fourth-order valence-electron chi connectivity index (χ4n) is 5.69. The topological polar surface area (TPSA) is 110 Å². The Morgan fingerprint density at radius 2 is 1.74 bits per heavy atom. The second-order valence-corrected chi connectivity index (χ2v) is 9.72. The first-order chi connectivity index (χ1) is 16.9. The first kappa shape index (κ1) is 24.9. The lowest BCUT2D eigenvalue weighted by Crippen LogP contribution is -2.46. The van der Waals surface area contributed by atoms with Gasteiger partial charge in [0.05, 0.1) is 13.2 Å². The minimum Gasteiger partial charge on any atom is -0.496 e. The molecule has 35 heavy (non-hydrogen) atoms. The van der Waals surface area contributed by atoms with Crippen molar-refractivity contribution in [3.8, 4) is 5.75 Å². The van der Waals surface area contributed by atoms with Crippen molar-refractivity contribution in [1.82, 2.24) is 4.90 Å². The molecular weight excluding hydrogens is 444 g/mol. The summed E-state index contributed by atoms with van der Waals surface area (Å²) >= 11 is 0. The number of nitrogens with two attached hydrogens (primary N) is 1. The van der Waals surface area contributed by atoms with E-state index >= 15 is 0 Å². The van der Waals surface area contributed by atoms with Crippen molar-refractivity contribution in [2.45, 2.75) is 50.5 Å². The molecule has 2 aromatic rings. The van der Waals surface area contributed by atoms with E-state index in [0.717, 1.165) is 37.7 Å². The summed E-state index contributed by atoms with van der Waals surface area (Å²) in [6.45, 7) is 1.22. The number of aromatic carboxylic acids is 1. The number of amides is 1. The number of carbonyl (C=O) groups is 3. The number of Topliss-reactive ketones (excluding diaryl/α,β-unsaturated/α-hetero) is 1. The molecular formula is C28H34N2O5. The van der Waals surface area contributed by atoms with Crippen molar-refractivity contribution < 1.29 is 24.2 Å².